The molecule has 170 valence electrons. The first-order valence-corrected chi connectivity index (χ1v) is 11.3. The Morgan fingerprint density at radius 2 is 1.79 bits per heavy atom. The SMILES string of the molecule is COc1ccccc1C1(C(=O)N2CCN(c3ccc(Nc4cc(C)ccn4)nn3)CC2)CC1. The monoisotopic (exact) mass is 444 g/mol. The second-order valence-corrected chi connectivity index (χ2v) is 8.68. The smallest absolute Gasteiger partial charge is 0.233 e. The van der Waals surface area contributed by atoms with E-state index in [9.17, 15) is 4.79 Å². The van der Waals surface area contributed by atoms with Crippen molar-refractivity contribution in [1.29, 1.82) is 0 Å². The number of aromatic nitrogens is 3. The van der Waals surface area contributed by atoms with Gasteiger partial charge in [-0.1, -0.05) is 18.2 Å². The number of pyridine rings is 1. The van der Waals surface area contributed by atoms with E-state index >= 15 is 0 Å². The van der Waals surface area contributed by atoms with E-state index in [4.69, 9.17) is 4.74 Å². The standard InChI is InChI=1S/C25H28N6O2/c1-18-9-12-26-22(17-18)27-21-7-8-23(29-28-21)30-13-15-31(16-14-30)24(32)25(10-11-25)19-5-3-4-6-20(19)33-2/h3-9,12,17H,10-11,13-16H2,1-2H3,(H,26,27,28). The number of anilines is 3. The van der Waals surface area contributed by atoms with Crippen LogP contribution in [-0.4, -0.2) is 59.3 Å². The third kappa shape index (κ3) is 4.20. The van der Waals surface area contributed by atoms with Gasteiger partial charge in [0, 0.05) is 37.9 Å². The fraction of sp³-hybridized carbons (Fsp3) is 0.360. The number of hydrogen-bond donors (Lipinski definition) is 1. The van der Waals surface area contributed by atoms with Gasteiger partial charge in [0.1, 0.15) is 11.6 Å². The highest BCUT2D eigenvalue weighted by Crippen LogP contribution is 2.52. The lowest BCUT2D eigenvalue weighted by molar-refractivity contribution is -0.134. The summed E-state index contributed by atoms with van der Waals surface area (Å²) in [6.45, 7) is 4.83. The minimum Gasteiger partial charge on any atom is -0.496 e. The van der Waals surface area contributed by atoms with Crippen molar-refractivity contribution < 1.29 is 9.53 Å². The molecule has 1 aliphatic heterocycles. The predicted molar refractivity (Wildman–Crippen MR) is 127 cm³/mol. The topological polar surface area (TPSA) is 83.5 Å². The number of nitrogens with one attached hydrogen (secondary N) is 1. The number of carbonyl (C=O) groups excluding carboxylic acids is 1. The fourth-order valence-electron chi connectivity index (χ4n) is 4.50. The molecular formula is C25H28N6O2. The van der Waals surface area contributed by atoms with Crippen LogP contribution in [0.15, 0.2) is 54.7 Å². The molecule has 1 amide bonds. The van der Waals surface area contributed by atoms with Crippen molar-refractivity contribution in [3.63, 3.8) is 0 Å². The molecule has 1 N–H and O–H groups in total. The lowest BCUT2D eigenvalue weighted by Crippen LogP contribution is -2.51. The number of piperazine rings is 1. The Kier molecular flexibility index (Phi) is 5.58. The zero-order valence-corrected chi connectivity index (χ0v) is 19.0. The second-order valence-electron chi connectivity index (χ2n) is 8.68. The molecule has 5 rings (SSSR count). The molecule has 0 radical (unpaired) electrons. The number of nitrogens with zero attached hydrogens (tertiary/aromatic N) is 5. The molecule has 8 heteroatoms. The highest BCUT2D eigenvalue weighted by molar-refractivity contribution is 5.92. The van der Waals surface area contributed by atoms with E-state index in [0.29, 0.717) is 18.9 Å². The molecule has 3 aromatic rings. The Morgan fingerprint density at radius 3 is 2.45 bits per heavy atom. The molecule has 3 heterocycles. The van der Waals surface area contributed by atoms with Crippen molar-refractivity contribution in [3.05, 3.63) is 65.9 Å². The molecule has 0 unspecified atom stereocenters. The normalized spacial score (nSPS) is 16.9. The van der Waals surface area contributed by atoms with Gasteiger partial charge >= 0.3 is 0 Å². The Labute approximate surface area is 193 Å². The number of benzene rings is 1. The van der Waals surface area contributed by atoms with Gasteiger partial charge in [0.05, 0.1) is 12.5 Å². The lowest BCUT2D eigenvalue weighted by Gasteiger charge is -2.37. The molecule has 0 spiro atoms. The molecule has 1 aromatic carbocycles. The largest absolute Gasteiger partial charge is 0.496 e. The molecular weight excluding hydrogens is 416 g/mol. The number of para-hydroxylation sites is 1. The number of ether oxygens (including phenoxy) is 1. The first-order chi connectivity index (χ1) is 16.1. The van der Waals surface area contributed by atoms with Crippen LogP contribution >= 0.6 is 0 Å². The van der Waals surface area contributed by atoms with Crippen LogP contribution in [0.4, 0.5) is 17.5 Å². The van der Waals surface area contributed by atoms with Gasteiger partial charge in [-0.25, -0.2) is 4.98 Å². The first-order valence-electron chi connectivity index (χ1n) is 11.3. The van der Waals surface area contributed by atoms with Crippen molar-refractivity contribution in [2.45, 2.75) is 25.2 Å². The molecule has 1 saturated heterocycles. The summed E-state index contributed by atoms with van der Waals surface area (Å²) in [6.07, 6.45) is 3.52. The maximum Gasteiger partial charge on any atom is 0.233 e. The number of methoxy groups -OCH3 is 1. The molecule has 2 aliphatic rings. The zero-order chi connectivity index (χ0) is 22.8. The van der Waals surface area contributed by atoms with Gasteiger partial charge < -0.3 is 19.9 Å². The summed E-state index contributed by atoms with van der Waals surface area (Å²) in [5.41, 5.74) is 1.71. The van der Waals surface area contributed by atoms with E-state index < -0.39 is 5.41 Å². The third-order valence-corrected chi connectivity index (χ3v) is 6.49. The first kappa shape index (κ1) is 21.2. The van der Waals surface area contributed by atoms with Gasteiger partial charge in [0.2, 0.25) is 5.91 Å². The maximum atomic E-state index is 13.4. The van der Waals surface area contributed by atoms with Crippen LogP contribution in [0.2, 0.25) is 0 Å². The summed E-state index contributed by atoms with van der Waals surface area (Å²) in [5, 5.41) is 11.9. The summed E-state index contributed by atoms with van der Waals surface area (Å²) in [5.74, 6) is 3.22. The van der Waals surface area contributed by atoms with Gasteiger partial charge in [-0.3, -0.25) is 4.79 Å². The molecule has 0 atom stereocenters. The Bertz CT molecular complexity index is 1140. The average molecular weight is 445 g/mol. The van der Waals surface area contributed by atoms with Gasteiger partial charge in [-0.05, 0) is 55.7 Å². The summed E-state index contributed by atoms with van der Waals surface area (Å²) >= 11 is 0. The van der Waals surface area contributed by atoms with E-state index in [1.165, 1.54) is 0 Å². The summed E-state index contributed by atoms with van der Waals surface area (Å²) in [4.78, 5) is 21.9. The van der Waals surface area contributed by atoms with Crippen molar-refractivity contribution in [2.24, 2.45) is 0 Å². The van der Waals surface area contributed by atoms with Crippen molar-refractivity contribution in [1.82, 2.24) is 20.1 Å². The molecule has 33 heavy (non-hydrogen) atoms. The van der Waals surface area contributed by atoms with Crippen molar-refractivity contribution in [2.75, 3.05) is 43.5 Å². The summed E-state index contributed by atoms with van der Waals surface area (Å²) in [7, 11) is 1.66. The van der Waals surface area contributed by atoms with E-state index in [2.05, 4.69) is 25.4 Å². The molecule has 2 fully saturated rings. The van der Waals surface area contributed by atoms with E-state index in [-0.39, 0.29) is 5.91 Å². The zero-order valence-electron chi connectivity index (χ0n) is 19.0. The highest BCUT2D eigenvalue weighted by Gasteiger charge is 2.54. The average Bonchev–Trinajstić information content (AvgIpc) is 3.66. The molecule has 1 saturated carbocycles. The minimum atomic E-state index is -0.425. The van der Waals surface area contributed by atoms with E-state index in [1.54, 1.807) is 13.3 Å². The lowest BCUT2D eigenvalue weighted by atomic mass is 9.93. The van der Waals surface area contributed by atoms with Crippen LogP contribution in [0.5, 0.6) is 5.75 Å². The molecule has 8 nitrogen and oxygen atoms in total. The van der Waals surface area contributed by atoms with Crippen molar-refractivity contribution in [3.8, 4) is 5.75 Å². The second kappa shape index (κ2) is 8.69. The molecule has 0 bridgehead atoms. The number of amides is 1. The van der Waals surface area contributed by atoms with Crippen LogP contribution in [-0.2, 0) is 10.2 Å². The predicted octanol–water partition coefficient (Wildman–Crippen LogP) is 3.31. The maximum absolute atomic E-state index is 13.4. The molecule has 2 aromatic heterocycles. The van der Waals surface area contributed by atoms with Crippen LogP contribution in [0.1, 0.15) is 24.0 Å². The van der Waals surface area contributed by atoms with Gasteiger partial charge in [0.15, 0.2) is 11.6 Å². The van der Waals surface area contributed by atoms with Gasteiger partial charge in [0.25, 0.3) is 0 Å². The summed E-state index contributed by atoms with van der Waals surface area (Å²) < 4.78 is 5.53. The number of carbonyl (C=O) groups is 1. The minimum absolute atomic E-state index is 0.211. The van der Waals surface area contributed by atoms with Crippen LogP contribution in [0.25, 0.3) is 0 Å². The highest BCUT2D eigenvalue weighted by atomic mass is 16.5. The quantitative estimate of drug-likeness (QED) is 0.624. The van der Waals surface area contributed by atoms with E-state index in [1.807, 2.05) is 60.4 Å². The van der Waals surface area contributed by atoms with Crippen LogP contribution < -0.4 is 15.0 Å². The van der Waals surface area contributed by atoms with Gasteiger partial charge in [-0.2, -0.15) is 0 Å². The fourth-order valence-corrected chi connectivity index (χ4v) is 4.50. The van der Waals surface area contributed by atoms with Crippen molar-refractivity contribution >= 4 is 23.4 Å². The van der Waals surface area contributed by atoms with Crippen LogP contribution in [0, 0.1) is 6.92 Å². The number of rotatable bonds is 6. The number of hydrogen-bond acceptors (Lipinski definition) is 7. The third-order valence-electron chi connectivity index (χ3n) is 6.49. The van der Waals surface area contributed by atoms with Gasteiger partial charge in [-0.15, -0.1) is 10.2 Å². The van der Waals surface area contributed by atoms with E-state index in [0.717, 1.165) is 54.4 Å². The summed E-state index contributed by atoms with van der Waals surface area (Å²) in [6, 6.07) is 15.7. The Hall–Kier alpha value is -3.68. The van der Waals surface area contributed by atoms with Crippen LogP contribution in [0.3, 0.4) is 0 Å². The Morgan fingerprint density at radius 1 is 1.00 bits per heavy atom. The Balaban J connectivity index is 1.21. The number of aryl methyl sites for hydroxylation is 1. The molecule has 1 aliphatic carbocycles.